The van der Waals surface area contributed by atoms with Crippen LogP contribution in [0.25, 0.3) is 5.69 Å². The Morgan fingerprint density at radius 3 is 2.93 bits per heavy atom. The van der Waals surface area contributed by atoms with E-state index in [1.165, 1.54) is 0 Å². The van der Waals surface area contributed by atoms with Crippen LogP contribution in [0.1, 0.15) is 31.3 Å². The van der Waals surface area contributed by atoms with E-state index in [0.29, 0.717) is 0 Å². The first-order valence-electron chi connectivity index (χ1n) is 9.15. The van der Waals surface area contributed by atoms with Crippen LogP contribution in [0.15, 0.2) is 54.0 Å². The van der Waals surface area contributed by atoms with E-state index in [1.807, 2.05) is 29.1 Å². The summed E-state index contributed by atoms with van der Waals surface area (Å²) in [6, 6.07) is 10.3. The summed E-state index contributed by atoms with van der Waals surface area (Å²) in [5, 5.41) is 19.1. The van der Waals surface area contributed by atoms with Crippen molar-refractivity contribution in [3.63, 3.8) is 0 Å². The number of nitrogens with one attached hydrogen (secondary N) is 2. The van der Waals surface area contributed by atoms with Gasteiger partial charge in [-0.3, -0.25) is 4.99 Å². The molecule has 3 aromatic rings. The molecule has 2 N–H and O–H groups in total. The second kappa shape index (κ2) is 8.98. The maximum Gasteiger partial charge on any atom is 0.191 e. The first kappa shape index (κ1) is 18.6. The molecular weight excluding hydrogens is 340 g/mol. The Kier molecular flexibility index (Phi) is 6.19. The number of aromatic nitrogens is 5. The quantitative estimate of drug-likeness (QED) is 0.493. The van der Waals surface area contributed by atoms with E-state index >= 15 is 0 Å². The number of aliphatic imine (C=N–C) groups is 1. The first-order valence-corrected chi connectivity index (χ1v) is 9.15. The summed E-state index contributed by atoms with van der Waals surface area (Å²) in [5.74, 6) is 1.75. The summed E-state index contributed by atoms with van der Waals surface area (Å²) < 4.78 is 3.91. The summed E-state index contributed by atoms with van der Waals surface area (Å²) in [6.45, 7) is 5.72. The van der Waals surface area contributed by atoms with E-state index in [9.17, 15) is 0 Å². The van der Waals surface area contributed by atoms with Crippen LogP contribution in [-0.2, 0) is 13.0 Å². The summed E-state index contributed by atoms with van der Waals surface area (Å²) >= 11 is 0. The zero-order valence-electron chi connectivity index (χ0n) is 16.0. The fourth-order valence-electron chi connectivity index (χ4n) is 2.88. The lowest BCUT2D eigenvalue weighted by Gasteiger charge is -2.19. The first-order chi connectivity index (χ1) is 13.2. The van der Waals surface area contributed by atoms with Crippen molar-refractivity contribution in [2.75, 3.05) is 13.6 Å². The highest BCUT2D eigenvalue weighted by molar-refractivity contribution is 5.80. The van der Waals surface area contributed by atoms with Crippen molar-refractivity contribution >= 4 is 5.96 Å². The summed E-state index contributed by atoms with van der Waals surface area (Å²) in [5.41, 5.74) is 2.20. The highest BCUT2D eigenvalue weighted by atomic mass is 15.3. The number of hydrogen-bond donors (Lipinski definition) is 2. The molecule has 8 nitrogen and oxygen atoms in total. The van der Waals surface area contributed by atoms with Gasteiger partial charge >= 0.3 is 0 Å². The van der Waals surface area contributed by atoms with Crippen molar-refractivity contribution in [3.8, 4) is 5.69 Å². The summed E-state index contributed by atoms with van der Waals surface area (Å²) in [6.07, 6.45) is 6.35. The Morgan fingerprint density at radius 2 is 2.19 bits per heavy atom. The van der Waals surface area contributed by atoms with Gasteiger partial charge in [-0.05, 0) is 30.7 Å². The van der Waals surface area contributed by atoms with Crippen LogP contribution < -0.4 is 10.6 Å². The van der Waals surface area contributed by atoms with Gasteiger partial charge in [0.15, 0.2) is 5.96 Å². The van der Waals surface area contributed by atoms with Crippen LogP contribution in [0, 0.1) is 0 Å². The highest BCUT2D eigenvalue weighted by Crippen LogP contribution is 2.16. The van der Waals surface area contributed by atoms with Gasteiger partial charge in [-0.1, -0.05) is 19.1 Å². The zero-order valence-corrected chi connectivity index (χ0v) is 16.0. The van der Waals surface area contributed by atoms with Crippen molar-refractivity contribution in [2.24, 2.45) is 4.99 Å². The molecule has 1 unspecified atom stereocenters. The van der Waals surface area contributed by atoms with Gasteiger partial charge in [0.05, 0.1) is 11.7 Å². The molecular formula is C19H26N8. The zero-order chi connectivity index (χ0) is 19.1. The number of hydrogen-bond acceptors (Lipinski definition) is 4. The van der Waals surface area contributed by atoms with Gasteiger partial charge in [-0.15, -0.1) is 10.2 Å². The van der Waals surface area contributed by atoms with Gasteiger partial charge < -0.3 is 15.2 Å². The molecule has 0 spiro atoms. The molecule has 0 saturated carbocycles. The number of benzene rings is 1. The normalized spacial score (nSPS) is 12.8. The molecule has 0 saturated heterocycles. The van der Waals surface area contributed by atoms with E-state index in [4.69, 9.17) is 0 Å². The third-order valence-corrected chi connectivity index (χ3v) is 4.37. The summed E-state index contributed by atoms with van der Waals surface area (Å²) in [7, 11) is 1.78. The fraction of sp³-hybridized carbons (Fsp3) is 0.368. The van der Waals surface area contributed by atoms with Crippen LogP contribution in [0.4, 0.5) is 0 Å². The van der Waals surface area contributed by atoms with E-state index in [-0.39, 0.29) is 6.04 Å². The lowest BCUT2D eigenvalue weighted by molar-refractivity contribution is 0.620. The average Bonchev–Trinajstić information content (AvgIpc) is 3.39. The van der Waals surface area contributed by atoms with Crippen LogP contribution in [0.2, 0.25) is 0 Å². The van der Waals surface area contributed by atoms with Gasteiger partial charge in [-0.25, -0.2) is 4.68 Å². The molecule has 0 aliphatic carbocycles. The molecule has 0 amide bonds. The molecule has 142 valence electrons. The summed E-state index contributed by atoms with van der Waals surface area (Å²) in [4.78, 5) is 4.32. The molecule has 27 heavy (non-hydrogen) atoms. The Labute approximate surface area is 159 Å². The number of rotatable bonds is 7. The topological polar surface area (TPSA) is 85.0 Å². The number of guanidine groups is 1. The predicted molar refractivity (Wildman–Crippen MR) is 106 cm³/mol. The van der Waals surface area contributed by atoms with Gasteiger partial charge in [0.1, 0.15) is 12.2 Å². The monoisotopic (exact) mass is 366 g/mol. The van der Waals surface area contributed by atoms with Crippen LogP contribution in [0.3, 0.4) is 0 Å². The molecule has 0 fully saturated rings. The predicted octanol–water partition coefficient (Wildman–Crippen LogP) is 1.95. The standard InChI is InChI=1S/C19H26N8/c1-4-18-25-22-14-26(18)12-10-21-19(20-3)24-15(2)16-7-5-8-17(13-16)27-11-6-9-23-27/h5-9,11,13-15H,4,10,12H2,1-3H3,(H2,20,21,24). The van der Waals surface area contributed by atoms with Gasteiger partial charge in [0.2, 0.25) is 0 Å². The molecule has 1 aromatic carbocycles. The molecule has 0 radical (unpaired) electrons. The second-order valence-electron chi connectivity index (χ2n) is 6.20. The lowest BCUT2D eigenvalue weighted by atomic mass is 10.1. The van der Waals surface area contributed by atoms with Gasteiger partial charge in [0.25, 0.3) is 0 Å². The van der Waals surface area contributed by atoms with Gasteiger partial charge in [0, 0.05) is 39.0 Å². The van der Waals surface area contributed by atoms with Crippen LogP contribution in [-0.4, -0.2) is 44.1 Å². The SMILES string of the molecule is CCc1nncn1CCNC(=NC)NC(C)c1cccc(-n2cccn2)c1. The highest BCUT2D eigenvalue weighted by Gasteiger charge is 2.09. The smallest absolute Gasteiger partial charge is 0.191 e. The third kappa shape index (κ3) is 4.72. The lowest BCUT2D eigenvalue weighted by Crippen LogP contribution is -2.40. The Hall–Kier alpha value is -3.16. The van der Waals surface area contributed by atoms with Gasteiger partial charge in [-0.2, -0.15) is 5.10 Å². The fourth-order valence-corrected chi connectivity index (χ4v) is 2.88. The Bertz CT molecular complexity index is 865. The minimum atomic E-state index is 0.104. The average molecular weight is 366 g/mol. The molecule has 0 aliphatic rings. The van der Waals surface area contributed by atoms with E-state index < -0.39 is 0 Å². The van der Waals surface area contributed by atoms with Crippen molar-refractivity contribution in [1.29, 1.82) is 0 Å². The molecule has 2 heterocycles. The van der Waals surface area contributed by atoms with E-state index in [2.05, 4.69) is 61.5 Å². The maximum atomic E-state index is 4.32. The maximum absolute atomic E-state index is 4.32. The second-order valence-corrected chi connectivity index (χ2v) is 6.20. The molecule has 0 bridgehead atoms. The van der Waals surface area contributed by atoms with Crippen molar-refractivity contribution in [3.05, 3.63) is 60.4 Å². The largest absolute Gasteiger partial charge is 0.355 e. The molecule has 0 aliphatic heterocycles. The Balaban J connectivity index is 1.57. The molecule has 8 heteroatoms. The Morgan fingerprint density at radius 1 is 1.30 bits per heavy atom. The number of nitrogens with zero attached hydrogens (tertiary/aromatic N) is 6. The minimum Gasteiger partial charge on any atom is -0.355 e. The molecule has 2 aromatic heterocycles. The minimum absolute atomic E-state index is 0.104. The van der Waals surface area contributed by atoms with Crippen molar-refractivity contribution in [1.82, 2.24) is 35.2 Å². The molecule has 3 rings (SSSR count). The van der Waals surface area contributed by atoms with Crippen molar-refractivity contribution < 1.29 is 0 Å². The van der Waals surface area contributed by atoms with E-state index in [1.54, 1.807) is 19.6 Å². The van der Waals surface area contributed by atoms with Crippen LogP contribution >= 0.6 is 0 Å². The van der Waals surface area contributed by atoms with Crippen LogP contribution in [0.5, 0.6) is 0 Å². The number of aryl methyl sites for hydroxylation is 1. The molecule has 1 atom stereocenters. The van der Waals surface area contributed by atoms with E-state index in [0.717, 1.165) is 42.5 Å². The van der Waals surface area contributed by atoms with Crippen molar-refractivity contribution in [2.45, 2.75) is 32.9 Å². The third-order valence-electron chi connectivity index (χ3n) is 4.37.